The molecule has 0 saturated carbocycles. The van der Waals surface area contributed by atoms with E-state index in [-0.39, 0.29) is 23.7 Å². The second-order valence-corrected chi connectivity index (χ2v) is 6.37. The number of rotatable bonds is 3. The van der Waals surface area contributed by atoms with Gasteiger partial charge in [-0.05, 0) is 49.6 Å². The number of nitrogens with zero attached hydrogens (tertiary/aromatic N) is 1. The molecule has 0 unspecified atom stereocenters. The average Bonchev–Trinajstić information content (AvgIpc) is 2.65. The van der Waals surface area contributed by atoms with Gasteiger partial charge in [-0.2, -0.15) is 0 Å². The van der Waals surface area contributed by atoms with Gasteiger partial charge in [-0.1, -0.05) is 24.3 Å². The third-order valence-corrected chi connectivity index (χ3v) is 4.57. The van der Waals surface area contributed by atoms with E-state index < -0.39 is 0 Å². The highest BCUT2D eigenvalue weighted by molar-refractivity contribution is 5.95. The smallest absolute Gasteiger partial charge is 0.253 e. The SMILES string of the molecule is Cc1ccc(C(=O)N2CCC(NC(=O)c3ccccc3)CC2)cc1F. The number of likely N-dealkylation sites (tertiary alicyclic amines) is 1. The predicted molar refractivity (Wildman–Crippen MR) is 94.0 cm³/mol. The van der Waals surface area contributed by atoms with Gasteiger partial charge in [-0.25, -0.2) is 4.39 Å². The topological polar surface area (TPSA) is 49.4 Å². The van der Waals surface area contributed by atoms with Crippen molar-refractivity contribution in [3.05, 3.63) is 71.0 Å². The van der Waals surface area contributed by atoms with Gasteiger partial charge < -0.3 is 10.2 Å². The average molecular weight is 340 g/mol. The minimum atomic E-state index is -0.365. The zero-order valence-corrected chi connectivity index (χ0v) is 14.2. The molecule has 2 amide bonds. The van der Waals surface area contributed by atoms with Crippen molar-refractivity contribution in [2.75, 3.05) is 13.1 Å². The van der Waals surface area contributed by atoms with Gasteiger partial charge in [0.15, 0.2) is 0 Å². The van der Waals surface area contributed by atoms with Crippen LogP contribution in [0.1, 0.15) is 39.1 Å². The van der Waals surface area contributed by atoms with Gasteiger partial charge in [0, 0.05) is 30.3 Å². The van der Waals surface area contributed by atoms with E-state index in [0.717, 1.165) is 0 Å². The lowest BCUT2D eigenvalue weighted by Crippen LogP contribution is -2.46. The molecule has 5 heteroatoms. The van der Waals surface area contributed by atoms with Crippen LogP contribution in [-0.2, 0) is 0 Å². The van der Waals surface area contributed by atoms with Crippen LogP contribution in [0.3, 0.4) is 0 Å². The summed E-state index contributed by atoms with van der Waals surface area (Å²) in [6, 6.07) is 13.7. The number of benzene rings is 2. The first-order valence-corrected chi connectivity index (χ1v) is 8.46. The zero-order valence-electron chi connectivity index (χ0n) is 14.2. The summed E-state index contributed by atoms with van der Waals surface area (Å²) in [5.74, 6) is -0.617. The van der Waals surface area contributed by atoms with E-state index >= 15 is 0 Å². The molecule has 0 aromatic heterocycles. The Kier molecular flexibility index (Phi) is 5.12. The van der Waals surface area contributed by atoms with Crippen LogP contribution in [0.5, 0.6) is 0 Å². The van der Waals surface area contributed by atoms with E-state index in [2.05, 4.69) is 5.32 Å². The highest BCUT2D eigenvalue weighted by atomic mass is 19.1. The Hall–Kier alpha value is -2.69. The molecule has 2 aromatic carbocycles. The number of carbonyl (C=O) groups is 2. The van der Waals surface area contributed by atoms with Crippen molar-refractivity contribution < 1.29 is 14.0 Å². The Morgan fingerprint density at radius 3 is 2.36 bits per heavy atom. The molecule has 3 rings (SSSR count). The lowest BCUT2D eigenvalue weighted by Gasteiger charge is -2.32. The predicted octanol–water partition coefficient (Wildman–Crippen LogP) is 3.17. The molecule has 4 nitrogen and oxygen atoms in total. The fraction of sp³-hybridized carbons (Fsp3) is 0.300. The summed E-state index contributed by atoms with van der Waals surface area (Å²) in [6.45, 7) is 2.77. The van der Waals surface area contributed by atoms with Gasteiger partial charge in [0.2, 0.25) is 0 Å². The van der Waals surface area contributed by atoms with Crippen molar-refractivity contribution in [2.24, 2.45) is 0 Å². The van der Waals surface area contributed by atoms with Crippen molar-refractivity contribution in [1.29, 1.82) is 0 Å². The van der Waals surface area contributed by atoms with Crippen molar-refractivity contribution in [2.45, 2.75) is 25.8 Å². The van der Waals surface area contributed by atoms with Gasteiger partial charge in [0.05, 0.1) is 0 Å². The van der Waals surface area contributed by atoms with E-state index in [9.17, 15) is 14.0 Å². The number of piperidine rings is 1. The van der Waals surface area contributed by atoms with Gasteiger partial charge in [0.25, 0.3) is 11.8 Å². The van der Waals surface area contributed by atoms with Crippen LogP contribution in [-0.4, -0.2) is 35.8 Å². The van der Waals surface area contributed by atoms with Crippen molar-refractivity contribution >= 4 is 11.8 Å². The number of amides is 2. The highest BCUT2D eigenvalue weighted by Crippen LogP contribution is 2.16. The third-order valence-electron chi connectivity index (χ3n) is 4.57. The minimum absolute atomic E-state index is 0.0477. The first kappa shape index (κ1) is 17.1. The summed E-state index contributed by atoms with van der Waals surface area (Å²) in [7, 11) is 0. The largest absolute Gasteiger partial charge is 0.349 e. The van der Waals surface area contributed by atoms with Gasteiger partial charge >= 0.3 is 0 Å². The number of hydrogen-bond donors (Lipinski definition) is 1. The number of aryl methyl sites for hydroxylation is 1. The first-order valence-electron chi connectivity index (χ1n) is 8.46. The van der Waals surface area contributed by atoms with Crippen LogP contribution in [0.15, 0.2) is 48.5 Å². The van der Waals surface area contributed by atoms with Crippen molar-refractivity contribution in [1.82, 2.24) is 10.2 Å². The summed E-state index contributed by atoms with van der Waals surface area (Å²) >= 11 is 0. The number of nitrogens with one attached hydrogen (secondary N) is 1. The molecular weight excluding hydrogens is 319 g/mol. The van der Waals surface area contributed by atoms with E-state index in [1.165, 1.54) is 6.07 Å². The Labute approximate surface area is 146 Å². The van der Waals surface area contributed by atoms with Gasteiger partial charge in [-0.15, -0.1) is 0 Å². The quantitative estimate of drug-likeness (QED) is 0.933. The fourth-order valence-corrected chi connectivity index (χ4v) is 2.99. The summed E-state index contributed by atoms with van der Waals surface area (Å²) in [5.41, 5.74) is 1.53. The Morgan fingerprint density at radius 1 is 1.04 bits per heavy atom. The Morgan fingerprint density at radius 2 is 1.72 bits per heavy atom. The molecule has 1 heterocycles. The summed E-state index contributed by atoms with van der Waals surface area (Å²) in [4.78, 5) is 26.4. The molecule has 1 aliphatic heterocycles. The number of carbonyl (C=O) groups excluding carboxylic acids is 2. The normalized spacial score (nSPS) is 15.0. The van der Waals surface area contributed by atoms with E-state index in [4.69, 9.17) is 0 Å². The molecule has 1 aliphatic rings. The van der Waals surface area contributed by atoms with Gasteiger partial charge in [-0.3, -0.25) is 9.59 Å². The lowest BCUT2D eigenvalue weighted by atomic mass is 10.0. The molecule has 0 radical (unpaired) electrons. The standard InChI is InChI=1S/C20H21FN2O2/c1-14-7-8-16(13-18(14)21)20(25)23-11-9-17(10-12-23)22-19(24)15-5-3-2-4-6-15/h2-8,13,17H,9-12H2,1H3,(H,22,24). The fourth-order valence-electron chi connectivity index (χ4n) is 2.99. The molecule has 0 aliphatic carbocycles. The van der Waals surface area contributed by atoms with Crippen molar-refractivity contribution in [3.8, 4) is 0 Å². The second-order valence-electron chi connectivity index (χ2n) is 6.37. The maximum absolute atomic E-state index is 13.7. The highest BCUT2D eigenvalue weighted by Gasteiger charge is 2.25. The Bertz CT molecular complexity index is 769. The molecule has 130 valence electrons. The molecule has 1 N–H and O–H groups in total. The summed E-state index contributed by atoms with van der Waals surface area (Å²) < 4.78 is 13.7. The van der Waals surface area contributed by atoms with Crippen LogP contribution < -0.4 is 5.32 Å². The monoisotopic (exact) mass is 340 g/mol. The number of halogens is 1. The van der Waals surface area contributed by atoms with Crippen molar-refractivity contribution in [3.63, 3.8) is 0 Å². The molecule has 0 atom stereocenters. The van der Waals surface area contributed by atoms with Crippen LogP contribution in [0.25, 0.3) is 0 Å². The zero-order chi connectivity index (χ0) is 17.8. The lowest BCUT2D eigenvalue weighted by molar-refractivity contribution is 0.0697. The van der Waals surface area contributed by atoms with Crippen LogP contribution in [0, 0.1) is 12.7 Å². The number of hydrogen-bond acceptors (Lipinski definition) is 2. The van der Waals surface area contributed by atoms with E-state index in [1.807, 2.05) is 18.2 Å². The van der Waals surface area contributed by atoms with E-state index in [1.54, 1.807) is 36.1 Å². The molecular formula is C20H21FN2O2. The first-order chi connectivity index (χ1) is 12.0. The second kappa shape index (κ2) is 7.47. The minimum Gasteiger partial charge on any atom is -0.349 e. The maximum atomic E-state index is 13.7. The maximum Gasteiger partial charge on any atom is 0.253 e. The molecule has 1 saturated heterocycles. The van der Waals surface area contributed by atoms with Crippen LogP contribution >= 0.6 is 0 Å². The molecule has 0 bridgehead atoms. The molecule has 0 spiro atoms. The van der Waals surface area contributed by atoms with Crippen LogP contribution in [0.4, 0.5) is 4.39 Å². The summed E-state index contributed by atoms with van der Waals surface area (Å²) in [5, 5.41) is 3.01. The molecule has 1 fully saturated rings. The van der Waals surface area contributed by atoms with E-state index in [0.29, 0.717) is 42.6 Å². The molecule has 25 heavy (non-hydrogen) atoms. The molecule has 2 aromatic rings. The third kappa shape index (κ3) is 4.05. The van der Waals surface area contributed by atoms with Gasteiger partial charge in [0.1, 0.15) is 5.82 Å². The van der Waals surface area contributed by atoms with Crippen LogP contribution in [0.2, 0.25) is 0 Å². The Balaban J connectivity index is 1.55. The summed E-state index contributed by atoms with van der Waals surface area (Å²) in [6.07, 6.45) is 1.39.